The predicted octanol–water partition coefficient (Wildman–Crippen LogP) is 0.500. The van der Waals surface area contributed by atoms with E-state index in [1.54, 1.807) is 89.0 Å². The lowest BCUT2D eigenvalue weighted by Gasteiger charge is -2.40. The number of halogens is 1. The van der Waals surface area contributed by atoms with Crippen LogP contribution in [0, 0.1) is 5.82 Å². The number of ether oxygens (including phenoxy) is 2. The van der Waals surface area contributed by atoms with Crippen molar-refractivity contribution < 1.29 is 69.1 Å². The van der Waals surface area contributed by atoms with Gasteiger partial charge in [0.2, 0.25) is 40.9 Å². The molecule has 566 valence electrons. The number of amides is 7. The van der Waals surface area contributed by atoms with Crippen LogP contribution in [0.3, 0.4) is 0 Å². The second-order valence-corrected chi connectivity index (χ2v) is 31.1. The van der Waals surface area contributed by atoms with Gasteiger partial charge in [0.1, 0.15) is 40.5 Å². The molecule has 11 aliphatic rings. The van der Waals surface area contributed by atoms with E-state index in [-0.39, 0.29) is 109 Å². The molecular formula is C65H86FN21O14S4. The third kappa shape index (κ3) is 17.6. The van der Waals surface area contributed by atoms with Crippen molar-refractivity contribution in [2.75, 3.05) is 143 Å². The minimum Gasteiger partial charge on any atom is -0.477 e. The van der Waals surface area contributed by atoms with Crippen LogP contribution < -0.4 is 67.7 Å². The number of anilines is 5. The van der Waals surface area contributed by atoms with Crippen molar-refractivity contribution in [1.29, 1.82) is 0 Å². The highest BCUT2D eigenvalue weighted by atomic mass is 32.1. The monoisotopic (exact) mass is 1530 g/mol. The molecule has 0 radical (unpaired) electrons. The molecule has 10 saturated heterocycles. The molecule has 0 aliphatic carbocycles. The van der Waals surface area contributed by atoms with Gasteiger partial charge < -0.3 is 81.7 Å². The molecule has 0 spiro atoms. The Morgan fingerprint density at radius 2 is 1.22 bits per heavy atom. The van der Waals surface area contributed by atoms with Crippen LogP contribution >= 0.6 is 45.3 Å². The Kier molecular flexibility index (Phi) is 23.5. The van der Waals surface area contributed by atoms with E-state index in [0.717, 1.165) is 60.1 Å². The standard InChI is InChI=1S/C22H23FN6O4S.C15H20N4O4S.C10H12N4O2S.C10H16N4S.C7H10N2O3.CH5NO/c1-26-11-33-20-17-14(19(30)15(21(31)32)10-29(17)26)7-16(23)18(20)28-4-3-27-8-12(6-13(27)9-28)25-22-24-2-5-34-22;1-15(2,3)23-14(22)19(13-16-4-5-24-13)9-6-10-12(21)17-7-11(20)18(10)8-9;15-8-4-12-9(16)7-3-6(5-14(7)8)13-10-11-1-2-17-10;1-3-14-7-8(5-9(14)6-11-1)13-10-12-2-4-15-10;10-4-1-5-7(12)8-2-6(11)9(5)3-4;1-2-3/h2,5,7,10,12-13H,3-4,6,8-9,11H2,1H3,(H,24,25)(H,31,32);4-5,9-10H,6-8H2,1-3H3,(H,17,21);1-2,6-7H,3-5H2,(H,11,13)(H,12,16);2,4,8-9,11H,1,3,5-7H2,(H,12,13);4-5,10H,1-3H2,(H,8,12);2-3H,1H3/t12-,13-;9-,10-;6-,7-;8-,9-;4-,5+;/m00001./s1/i/hT. The van der Waals surface area contributed by atoms with E-state index in [4.69, 9.17) is 16.1 Å². The van der Waals surface area contributed by atoms with Gasteiger partial charge in [-0.05, 0) is 52.5 Å². The molecule has 0 unspecified atom stereocenters. The van der Waals surface area contributed by atoms with Crippen molar-refractivity contribution >= 4 is 130 Å². The average Bonchev–Trinajstić information content (AvgIpc) is 1.62. The van der Waals surface area contributed by atoms with Gasteiger partial charge in [0, 0.05) is 175 Å². The van der Waals surface area contributed by atoms with Crippen molar-refractivity contribution in [3.8, 4) is 5.75 Å². The molecule has 16 heterocycles. The predicted molar refractivity (Wildman–Crippen MR) is 389 cm³/mol. The molecule has 40 heteroatoms. The lowest BCUT2D eigenvalue weighted by molar-refractivity contribution is -0.143. The quantitative estimate of drug-likeness (QED) is 0.0832. The Morgan fingerprint density at radius 1 is 0.695 bits per heavy atom. The maximum atomic E-state index is 15.5. The lowest BCUT2D eigenvalue weighted by atomic mass is 10.1. The van der Waals surface area contributed by atoms with Crippen LogP contribution in [0.5, 0.6) is 5.75 Å². The van der Waals surface area contributed by atoms with Crippen LogP contribution in [0.25, 0.3) is 10.9 Å². The number of rotatable bonds is 10. The molecule has 7 amide bonds. The van der Waals surface area contributed by atoms with E-state index in [1.165, 1.54) is 70.1 Å². The van der Waals surface area contributed by atoms with E-state index in [1.807, 2.05) is 27.2 Å². The fraction of sp³-hybridized carbons (Fsp3) is 0.554. The number of thiazole rings is 4. The van der Waals surface area contributed by atoms with E-state index in [2.05, 4.69) is 67.0 Å². The molecule has 6 aromatic rings. The molecule has 11 N–H and O–H groups in total. The number of piperazine rings is 5. The summed E-state index contributed by atoms with van der Waals surface area (Å²) in [4.78, 5) is 137. The van der Waals surface area contributed by atoms with Gasteiger partial charge >= 0.3 is 12.1 Å². The number of hydrogen-bond donors (Lipinski definition) is 11. The van der Waals surface area contributed by atoms with Crippen LogP contribution in [-0.2, 0) is 33.5 Å². The van der Waals surface area contributed by atoms with Gasteiger partial charge in [-0.15, -0.1) is 45.3 Å². The molecule has 5 aromatic heterocycles. The highest BCUT2D eigenvalue weighted by molar-refractivity contribution is 7.14. The summed E-state index contributed by atoms with van der Waals surface area (Å²) in [6.07, 6.45) is 10.8. The number of hydroxylamine groups is 1. The number of pyridine rings is 1. The number of hydrogen-bond acceptors (Lipinski definition) is 30. The zero-order chi connectivity index (χ0) is 75.3. The normalized spacial score (nSPS) is 25.9. The van der Waals surface area contributed by atoms with Crippen molar-refractivity contribution in [1.82, 2.24) is 75.9 Å². The Balaban J connectivity index is 0.000000128. The molecule has 10 atom stereocenters. The average molecular weight is 1530 g/mol. The first kappa shape index (κ1) is 74.3. The molecule has 10 fully saturated rings. The third-order valence-corrected chi connectivity index (χ3v) is 22.3. The largest absolute Gasteiger partial charge is 0.477 e. The summed E-state index contributed by atoms with van der Waals surface area (Å²) in [6.45, 7) is 14.4. The fourth-order valence-corrected chi connectivity index (χ4v) is 17.3. The fourth-order valence-electron chi connectivity index (χ4n) is 14.8. The van der Waals surface area contributed by atoms with Gasteiger partial charge in [-0.3, -0.25) is 53.0 Å². The number of carbonyl (C=O) groups is 8. The number of carboxylic acid groups (broad SMARTS) is 1. The minimum atomic E-state index is -1.35. The second kappa shape index (κ2) is 33.2. The van der Waals surface area contributed by atoms with Crippen molar-refractivity contribution in [3.63, 3.8) is 0 Å². The summed E-state index contributed by atoms with van der Waals surface area (Å²) in [6, 6.07) is 1.48. The van der Waals surface area contributed by atoms with E-state index < -0.39 is 52.7 Å². The topological polar surface area (TPSA) is 411 Å². The Labute approximate surface area is 619 Å². The van der Waals surface area contributed by atoms with Crippen molar-refractivity contribution in [2.24, 2.45) is 0 Å². The summed E-state index contributed by atoms with van der Waals surface area (Å²) in [5.41, 5.74) is -0.810. The molecule has 1 aromatic carbocycles. The van der Waals surface area contributed by atoms with Gasteiger partial charge in [0.15, 0.2) is 40.2 Å². The molecular weight excluding hydrogens is 1450 g/mol. The Morgan fingerprint density at radius 3 is 1.73 bits per heavy atom. The van der Waals surface area contributed by atoms with Crippen LogP contribution in [0.4, 0.5) is 35.4 Å². The number of aliphatic hydroxyl groups is 1. The second-order valence-electron chi connectivity index (χ2n) is 27.6. The van der Waals surface area contributed by atoms with E-state index in [9.17, 15) is 53.4 Å². The number of aromatic carboxylic acids is 1. The van der Waals surface area contributed by atoms with Crippen molar-refractivity contribution in [3.05, 3.63) is 80.2 Å². The number of aromatic nitrogens is 5. The maximum absolute atomic E-state index is 15.5. The zero-order valence-corrected chi connectivity index (χ0v) is 61.6. The van der Waals surface area contributed by atoms with Gasteiger partial charge in [-0.2, -0.15) is 0 Å². The number of nitrogens with one attached hydrogen (secondary N) is 8. The van der Waals surface area contributed by atoms with Crippen molar-refractivity contribution in [2.45, 2.75) is 119 Å². The first-order valence-corrected chi connectivity index (χ1v) is 37.9. The van der Waals surface area contributed by atoms with E-state index >= 15 is 4.39 Å². The molecule has 0 bridgehead atoms. The highest BCUT2D eigenvalue weighted by Crippen LogP contribution is 2.42. The smallest absolute Gasteiger partial charge is 0.416 e. The number of fused-ring (bicyclic) bond motifs is 5. The van der Waals surface area contributed by atoms with Crippen LogP contribution in [-0.4, -0.2) is 291 Å². The summed E-state index contributed by atoms with van der Waals surface area (Å²) in [5, 5.41) is 60.2. The first-order valence-electron chi connectivity index (χ1n) is 34.8. The summed E-state index contributed by atoms with van der Waals surface area (Å²) in [7, 11) is 2.94. The van der Waals surface area contributed by atoms with Gasteiger partial charge in [-0.25, -0.2) is 44.3 Å². The lowest BCUT2D eigenvalue weighted by Crippen LogP contribution is -2.55. The molecule has 11 aliphatic heterocycles. The SMILES string of the molecule is CC(C)(C)OC(=O)N(c1nccs1)[C@H]1C[C@H]2C(=O)NCC(=O)N2C1.CN1COc2c(N3CCN4C[C@@H](Nc5nccs5)C[C@H]4C3)c(F)cc3c(=O)c(C(=O)O)cn1c23.O=C1NCC(=O)N2C[C@@H](Nc3nccs3)C[C@@H]12.O=C1NCC(=O)N2C[C@H](O)C[C@@H]12.[3H]N(C)O.c1csc(N[C@H]2C[C@H]3CNCCN3C2)n1. The third-order valence-electron chi connectivity index (χ3n) is 19.4. The number of carbonyl (C=O) groups excluding carboxylic acids is 7. The minimum absolute atomic E-state index is 0.00182. The van der Waals surface area contributed by atoms with Crippen LogP contribution in [0.2, 0.25) is 1.41 Å². The zero-order valence-electron chi connectivity index (χ0n) is 59.3. The molecule has 105 heavy (non-hydrogen) atoms. The molecule has 17 rings (SSSR count). The summed E-state index contributed by atoms with van der Waals surface area (Å²) < 4.78 is 34.5. The molecule has 35 nitrogen and oxygen atoms in total. The van der Waals surface area contributed by atoms with Gasteiger partial charge in [-0.1, -0.05) is 0 Å². The van der Waals surface area contributed by atoms with E-state index in [0.29, 0.717) is 74.4 Å². The summed E-state index contributed by atoms with van der Waals surface area (Å²) in [5.74, 6) is -2.26. The Hall–Kier alpha value is -9.00. The Bertz CT molecular complexity index is 4100. The summed E-state index contributed by atoms with van der Waals surface area (Å²) >= 11 is 6.10. The number of benzene rings is 1. The number of nitrogens with zero attached hydrogens (tertiary/aromatic N) is 13. The van der Waals surface area contributed by atoms with Crippen LogP contribution in [0.15, 0.2) is 63.4 Å². The number of carboxylic acids is 1. The maximum Gasteiger partial charge on any atom is 0.416 e. The number of aliphatic hydroxyl groups excluding tert-OH is 1. The highest BCUT2D eigenvalue weighted by Gasteiger charge is 2.48. The van der Waals surface area contributed by atoms with Crippen LogP contribution in [0.1, 0.15) is 63.2 Å². The van der Waals surface area contributed by atoms with Gasteiger partial charge in [0.25, 0.3) is 0 Å². The molecule has 0 saturated carbocycles. The van der Waals surface area contributed by atoms with Gasteiger partial charge in [0.05, 0.1) is 37.2 Å². The first-order chi connectivity index (χ1) is 50.7.